The first-order valence-corrected chi connectivity index (χ1v) is 5.32. The summed E-state index contributed by atoms with van der Waals surface area (Å²) in [6, 6.07) is 0. The molecule has 1 aliphatic carbocycles. The summed E-state index contributed by atoms with van der Waals surface area (Å²) in [5.41, 5.74) is 0.522. The molecule has 2 bridgehead atoms. The molecule has 0 aromatic carbocycles. The maximum absolute atomic E-state index is 10.9. The Hall–Kier alpha value is -0.830. The van der Waals surface area contributed by atoms with Crippen LogP contribution in [0.5, 0.6) is 0 Å². The maximum atomic E-state index is 10.9. The summed E-state index contributed by atoms with van der Waals surface area (Å²) in [6.45, 7) is 0. The van der Waals surface area contributed by atoms with Crippen LogP contribution in [0.1, 0.15) is 32.1 Å². The van der Waals surface area contributed by atoms with Gasteiger partial charge in [0.15, 0.2) is 0 Å². The number of hydrogen-bond donors (Lipinski definition) is 1. The van der Waals surface area contributed by atoms with Crippen molar-refractivity contribution in [1.29, 1.82) is 0 Å². The predicted molar refractivity (Wildman–Crippen MR) is 49.9 cm³/mol. The fourth-order valence-electron chi connectivity index (χ4n) is 3.34. The highest BCUT2D eigenvalue weighted by Crippen LogP contribution is 2.53. The molecule has 1 N–H and O–H groups in total. The second kappa shape index (κ2) is 2.60. The van der Waals surface area contributed by atoms with E-state index in [-0.39, 0.29) is 11.7 Å². The lowest BCUT2D eigenvalue weighted by atomic mass is 9.89. The van der Waals surface area contributed by atoms with Crippen LogP contribution in [-0.2, 0) is 9.53 Å². The smallest absolute Gasteiger partial charge is 0.333 e. The predicted octanol–water partition coefficient (Wildman–Crippen LogP) is 1.73. The van der Waals surface area contributed by atoms with E-state index in [0.717, 1.165) is 19.3 Å². The number of carbonyl (C=O) groups is 1. The van der Waals surface area contributed by atoms with Crippen molar-refractivity contribution in [3.05, 3.63) is 11.6 Å². The van der Waals surface area contributed by atoms with E-state index in [0.29, 0.717) is 11.5 Å². The van der Waals surface area contributed by atoms with Gasteiger partial charge in [-0.2, -0.15) is 0 Å². The quantitative estimate of drug-likeness (QED) is 0.691. The first-order valence-electron chi connectivity index (χ1n) is 5.32. The van der Waals surface area contributed by atoms with Gasteiger partial charge in [-0.1, -0.05) is 12.5 Å². The molecule has 3 heteroatoms. The summed E-state index contributed by atoms with van der Waals surface area (Å²) in [4.78, 5) is 10.9. The van der Waals surface area contributed by atoms with E-state index in [4.69, 9.17) is 9.84 Å². The van der Waals surface area contributed by atoms with E-state index in [1.807, 2.05) is 6.08 Å². The second-order valence-corrected chi connectivity index (χ2v) is 4.66. The number of fused-ring (bicyclic) bond motifs is 1. The lowest BCUT2D eigenvalue weighted by Gasteiger charge is -2.31. The van der Waals surface area contributed by atoms with Gasteiger partial charge in [0.05, 0.1) is 17.3 Å². The van der Waals surface area contributed by atoms with E-state index in [2.05, 4.69) is 0 Å². The summed E-state index contributed by atoms with van der Waals surface area (Å²) in [5.74, 6) is -0.189. The Kier molecular flexibility index (Phi) is 1.57. The van der Waals surface area contributed by atoms with Crippen molar-refractivity contribution in [2.45, 2.75) is 43.8 Å². The van der Waals surface area contributed by atoms with Gasteiger partial charge in [0, 0.05) is 0 Å². The Balaban J connectivity index is 1.94. The fourth-order valence-corrected chi connectivity index (χ4v) is 3.34. The molecule has 1 spiro atoms. The van der Waals surface area contributed by atoms with Gasteiger partial charge in [0.25, 0.3) is 0 Å². The zero-order valence-electron chi connectivity index (χ0n) is 8.03. The minimum absolute atomic E-state index is 0.0314. The van der Waals surface area contributed by atoms with Crippen molar-refractivity contribution >= 4 is 5.97 Å². The Morgan fingerprint density at radius 3 is 3.29 bits per heavy atom. The lowest BCUT2D eigenvalue weighted by Crippen LogP contribution is -2.34. The fraction of sp³-hybridized carbons (Fsp3) is 0.727. The van der Waals surface area contributed by atoms with Crippen LogP contribution in [0.15, 0.2) is 11.6 Å². The molecule has 14 heavy (non-hydrogen) atoms. The van der Waals surface area contributed by atoms with Crippen molar-refractivity contribution in [1.82, 2.24) is 0 Å². The number of carboxylic acid groups (broad SMARTS) is 1. The SMILES string of the molecule is O=C(O)C1=CCC23CCCC2CC1O3. The lowest BCUT2D eigenvalue weighted by molar-refractivity contribution is -0.135. The largest absolute Gasteiger partial charge is 0.478 e. The average Bonchev–Trinajstić information content (AvgIpc) is 2.58. The Morgan fingerprint density at radius 1 is 1.64 bits per heavy atom. The van der Waals surface area contributed by atoms with E-state index < -0.39 is 5.97 Å². The molecule has 2 heterocycles. The molecule has 2 aliphatic heterocycles. The summed E-state index contributed by atoms with van der Waals surface area (Å²) >= 11 is 0. The first kappa shape index (κ1) is 8.48. The number of hydrogen-bond acceptors (Lipinski definition) is 2. The molecular formula is C11H14O3. The summed E-state index contributed by atoms with van der Waals surface area (Å²) in [7, 11) is 0. The first-order chi connectivity index (χ1) is 6.71. The Bertz CT molecular complexity index is 320. The molecule has 3 atom stereocenters. The van der Waals surface area contributed by atoms with Crippen LogP contribution < -0.4 is 0 Å². The van der Waals surface area contributed by atoms with Crippen LogP contribution in [0.4, 0.5) is 0 Å². The summed E-state index contributed by atoms with van der Waals surface area (Å²) in [6.07, 6.45) is 7.10. The van der Waals surface area contributed by atoms with Gasteiger partial charge in [-0.15, -0.1) is 0 Å². The van der Waals surface area contributed by atoms with Crippen molar-refractivity contribution in [3.8, 4) is 0 Å². The van der Waals surface area contributed by atoms with Gasteiger partial charge in [0.1, 0.15) is 0 Å². The number of rotatable bonds is 1. The molecule has 3 aliphatic rings. The van der Waals surface area contributed by atoms with Crippen LogP contribution in [0.25, 0.3) is 0 Å². The third-order valence-corrected chi connectivity index (χ3v) is 4.03. The van der Waals surface area contributed by atoms with Crippen molar-refractivity contribution < 1.29 is 14.6 Å². The minimum atomic E-state index is -0.801. The number of carboxylic acids is 1. The average molecular weight is 194 g/mol. The van der Waals surface area contributed by atoms with Gasteiger partial charge in [-0.25, -0.2) is 4.79 Å². The normalized spacial score (nSPS) is 44.7. The van der Waals surface area contributed by atoms with Crippen LogP contribution in [0.3, 0.4) is 0 Å². The molecule has 0 amide bonds. The summed E-state index contributed by atoms with van der Waals surface area (Å²) in [5, 5.41) is 8.97. The molecule has 2 fully saturated rings. The number of ether oxygens (including phenoxy) is 1. The minimum Gasteiger partial charge on any atom is -0.478 e. The molecule has 1 saturated carbocycles. The van der Waals surface area contributed by atoms with E-state index in [9.17, 15) is 4.79 Å². The van der Waals surface area contributed by atoms with Crippen LogP contribution in [-0.4, -0.2) is 22.8 Å². The van der Waals surface area contributed by atoms with Gasteiger partial charge >= 0.3 is 5.97 Å². The number of aliphatic carboxylic acids is 1. The molecule has 76 valence electrons. The van der Waals surface area contributed by atoms with Gasteiger partial charge in [-0.05, 0) is 31.6 Å². The Morgan fingerprint density at radius 2 is 2.50 bits per heavy atom. The zero-order valence-corrected chi connectivity index (χ0v) is 8.03. The molecular weight excluding hydrogens is 180 g/mol. The van der Waals surface area contributed by atoms with Crippen LogP contribution in [0.2, 0.25) is 0 Å². The second-order valence-electron chi connectivity index (χ2n) is 4.66. The van der Waals surface area contributed by atoms with Crippen molar-refractivity contribution in [2.75, 3.05) is 0 Å². The van der Waals surface area contributed by atoms with Crippen molar-refractivity contribution in [3.63, 3.8) is 0 Å². The molecule has 3 rings (SSSR count). The van der Waals surface area contributed by atoms with Crippen molar-refractivity contribution in [2.24, 2.45) is 5.92 Å². The van der Waals surface area contributed by atoms with Gasteiger partial charge in [-0.3, -0.25) is 0 Å². The third kappa shape index (κ3) is 0.934. The molecule has 0 radical (unpaired) electrons. The van der Waals surface area contributed by atoms with Gasteiger partial charge < -0.3 is 9.84 Å². The van der Waals surface area contributed by atoms with Crippen LogP contribution >= 0.6 is 0 Å². The van der Waals surface area contributed by atoms with E-state index >= 15 is 0 Å². The highest BCUT2D eigenvalue weighted by Gasteiger charge is 2.54. The van der Waals surface area contributed by atoms with Gasteiger partial charge in [0.2, 0.25) is 0 Å². The Labute approximate surface area is 82.8 Å². The van der Waals surface area contributed by atoms with E-state index in [1.165, 1.54) is 12.8 Å². The third-order valence-electron chi connectivity index (χ3n) is 4.03. The monoisotopic (exact) mass is 194 g/mol. The highest BCUT2D eigenvalue weighted by molar-refractivity contribution is 5.88. The van der Waals surface area contributed by atoms with E-state index in [1.54, 1.807) is 0 Å². The molecule has 0 aromatic heterocycles. The zero-order chi connectivity index (χ0) is 9.76. The molecule has 1 saturated heterocycles. The standard InChI is InChI=1S/C11H14O3/c12-10(13)8-3-5-11-4-1-2-7(11)6-9(8)14-11/h3,7,9H,1-2,4-6H2,(H,12,13). The maximum Gasteiger partial charge on any atom is 0.333 e. The van der Waals surface area contributed by atoms with Crippen LogP contribution in [0, 0.1) is 5.92 Å². The highest BCUT2D eigenvalue weighted by atomic mass is 16.5. The summed E-state index contributed by atoms with van der Waals surface area (Å²) < 4.78 is 5.93. The molecule has 0 aromatic rings. The molecule has 3 unspecified atom stereocenters. The topological polar surface area (TPSA) is 46.5 Å². The molecule has 3 nitrogen and oxygen atoms in total.